The molecule has 0 radical (unpaired) electrons. The summed E-state index contributed by atoms with van der Waals surface area (Å²) in [6, 6.07) is 32.3. The number of allylic oxidation sites excluding steroid dienone is 1. The molecule has 68 heavy (non-hydrogen) atoms. The number of nitro groups is 1. The van der Waals surface area contributed by atoms with E-state index in [1.54, 1.807) is 22.7 Å². The molecule has 1 saturated carbocycles. The number of non-ortho nitro benzene ring substituents is 1. The summed E-state index contributed by atoms with van der Waals surface area (Å²) in [5.41, 5.74) is 3.17. The summed E-state index contributed by atoms with van der Waals surface area (Å²) in [5, 5.41) is 38.4. The topological polar surface area (TPSA) is 162 Å². The van der Waals surface area contributed by atoms with Crippen molar-refractivity contribution in [2.45, 2.75) is 81.1 Å². The van der Waals surface area contributed by atoms with Gasteiger partial charge in [0, 0.05) is 48.1 Å². The number of aliphatic hydroxyl groups excluding tert-OH is 2. The van der Waals surface area contributed by atoms with Crippen molar-refractivity contribution in [1.82, 2.24) is 4.90 Å². The molecule has 356 valence electrons. The highest BCUT2D eigenvalue weighted by Crippen LogP contribution is 2.62. The molecule has 1 aliphatic heterocycles. The Bertz CT molecular complexity index is 2620. The Morgan fingerprint density at radius 3 is 2.38 bits per heavy atom. The summed E-state index contributed by atoms with van der Waals surface area (Å²) in [7, 11) is 0. The van der Waals surface area contributed by atoms with Crippen LogP contribution in [0.5, 0.6) is 23.0 Å². The number of unbranched alkanes of at least 4 members (excludes halogenated alkanes) is 2. The van der Waals surface area contributed by atoms with Crippen LogP contribution in [-0.4, -0.2) is 76.4 Å². The fraction of sp³-hybridized carbons (Fsp3) is 0.370. The second-order valence-electron chi connectivity index (χ2n) is 17.4. The fourth-order valence-corrected chi connectivity index (χ4v) is 10.8. The lowest BCUT2D eigenvalue weighted by atomic mass is 9.55. The van der Waals surface area contributed by atoms with Crippen LogP contribution < -0.4 is 14.2 Å². The second-order valence-corrected chi connectivity index (χ2v) is 18.2. The first-order valence-corrected chi connectivity index (χ1v) is 24.7. The van der Waals surface area contributed by atoms with Crippen LogP contribution in [0.1, 0.15) is 68.9 Å². The van der Waals surface area contributed by atoms with Gasteiger partial charge in [-0.3, -0.25) is 15.0 Å². The van der Waals surface area contributed by atoms with E-state index < -0.39 is 28.8 Å². The Morgan fingerprint density at radius 2 is 1.66 bits per heavy atom. The lowest BCUT2D eigenvalue weighted by Crippen LogP contribution is -2.70. The molecular formula is C54H59N3O10S. The van der Waals surface area contributed by atoms with Gasteiger partial charge >= 0.3 is 6.09 Å². The molecule has 1 heterocycles. The van der Waals surface area contributed by atoms with E-state index in [0.717, 1.165) is 58.1 Å². The first kappa shape index (κ1) is 48.3. The third-order valence-electron chi connectivity index (χ3n) is 13.3. The van der Waals surface area contributed by atoms with E-state index in [9.17, 15) is 20.3 Å². The van der Waals surface area contributed by atoms with Gasteiger partial charge in [-0.25, -0.2) is 4.79 Å². The van der Waals surface area contributed by atoms with Gasteiger partial charge in [-0.1, -0.05) is 72.6 Å². The van der Waals surface area contributed by atoms with Crippen molar-refractivity contribution in [3.8, 4) is 23.0 Å². The molecule has 0 saturated heterocycles. The maximum atomic E-state index is 15.3. The molecule has 0 spiro atoms. The molecule has 1 fully saturated rings. The Balaban J connectivity index is 1.34. The zero-order chi connectivity index (χ0) is 47.6. The molecule has 3 aliphatic rings. The number of hydrogen-bond donors (Lipinski definition) is 2. The van der Waals surface area contributed by atoms with Crippen molar-refractivity contribution in [3.05, 3.63) is 155 Å². The number of amides is 1. The molecule has 0 unspecified atom stereocenters. The van der Waals surface area contributed by atoms with Crippen molar-refractivity contribution < 1.29 is 43.7 Å². The Morgan fingerprint density at radius 1 is 0.941 bits per heavy atom. The predicted octanol–water partition coefficient (Wildman–Crippen LogP) is 11.6. The number of nitrogens with zero attached hydrogens (tertiary/aromatic N) is 3. The largest absolute Gasteiger partial charge is 0.459 e. The average Bonchev–Trinajstić information content (AvgIpc) is 3.36. The molecule has 2 N–H and O–H groups in total. The highest BCUT2D eigenvalue weighted by molar-refractivity contribution is 7.98. The normalized spacial score (nSPS) is 22.0. The third-order valence-corrected chi connectivity index (χ3v) is 14.1. The van der Waals surface area contributed by atoms with Crippen LogP contribution in [0, 0.1) is 27.9 Å². The molecule has 6 atom stereocenters. The first-order valence-electron chi connectivity index (χ1n) is 23.4. The van der Waals surface area contributed by atoms with Gasteiger partial charge in [-0.15, -0.1) is 18.3 Å². The van der Waals surface area contributed by atoms with Gasteiger partial charge in [0.1, 0.15) is 35.6 Å². The number of carbonyl (C=O) groups excluding carboxylic acids is 1. The smallest absolute Gasteiger partial charge is 0.416 e. The van der Waals surface area contributed by atoms with E-state index in [0.29, 0.717) is 42.4 Å². The Hall–Kier alpha value is -6.19. The maximum Gasteiger partial charge on any atom is 0.416 e. The van der Waals surface area contributed by atoms with Gasteiger partial charge in [-0.05, 0) is 127 Å². The van der Waals surface area contributed by atoms with Crippen molar-refractivity contribution in [2.75, 3.05) is 32.7 Å². The highest BCUT2D eigenvalue weighted by atomic mass is 32.2. The van der Waals surface area contributed by atoms with E-state index in [2.05, 4.69) is 18.7 Å². The second kappa shape index (κ2) is 22.3. The quantitative estimate of drug-likeness (QED) is 0.0237. The number of aliphatic hydroxyl groups is 2. The van der Waals surface area contributed by atoms with Gasteiger partial charge < -0.3 is 34.0 Å². The summed E-state index contributed by atoms with van der Waals surface area (Å²) >= 11 is 1.66. The SMILES string of the molecule is C=CCO[C@@]12Oc3ccc(Oc4ccc(SC)cc4)cc3[C@H]3[C@H](CCCCO)[C@@H](CCCCO)C=C(C(=NOCC)C[C@@H]1N(Cc1cccc4ccccc14)C(=O)Oc1ccc([N+](=O)[O-])cc1)[C@H]32. The Kier molecular flexibility index (Phi) is 15.8. The standard InChI is InChI=1S/C54H59N3O10S/c1-4-31-63-54-50(56(35-38-16-12-15-36-13-6-7-17-44(36)38)53(60)66-41-21-19-39(20-22-41)57(61)62)34-48(55-64-5-2)46-32-37(14-8-10-29-58)45(18-9-11-30-59)51(52(46)54)47-33-42(25-28-49(47)67-54)65-40-23-26-43(68-3)27-24-40/h4,6-7,12-13,15-17,19-28,32-33,37,45,50-52,58-59H,1,5,8-11,14,18,29-31,34-35H2,2-3H3/t37-,45+,50-,51+,52+,54+/m0/s1. The molecule has 14 heteroatoms. The number of rotatable bonds is 21. The zero-order valence-corrected chi connectivity index (χ0v) is 39.4. The van der Waals surface area contributed by atoms with E-state index in [1.807, 2.05) is 92.0 Å². The number of nitro benzene ring substituents is 1. The van der Waals surface area contributed by atoms with Crippen molar-refractivity contribution in [1.29, 1.82) is 0 Å². The monoisotopic (exact) mass is 941 g/mol. The Labute approximate surface area is 401 Å². The minimum absolute atomic E-state index is 0.00914. The van der Waals surface area contributed by atoms with Crippen LogP contribution in [0.15, 0.2) is 144 Å². The minimum Gasteiger partial charge on any atom is -0.459 e. The molecule has 5 aromatic carbocycles. The molecule has 0 aromatic heterocycles. The van der Waals surface area contributed by atoms with Crippen LogP contribution >= 0.6 is 11.8 Å². The summed E-state index contributed by atoms with van der Waals surface area (Å²) in [5.74, 6) is -0.382. The molecule has 5 aromatic rings. The zero-order valence-electron chi connectivity index (χ0n) is 38.5. The van der Waals surface area contributed by atoms with E-state index in [-0.39, 0.29) is 62.0 Å². The van der Waals surface area contributed by atoms with E-state index in [4.69, 9.17) is 28.9 Å². The van der Waals surface area contributed by atoms with Crippen LogP contribution in [0.3, 0.4) is 0 Å². The number of fused-ring (bicyclic) bond motifs is 3. The van der Waals surface area contributed by atoms with E-state index in [1.165, 1.54) is 24.3 Å². The van der Waals surface area contributed by atoms with E-state index >= 15 is 4.79 Å². The number of benzene rings is 5. The van der Waals surface area contributed by atoms with Crippen LogP contribution in [0.2, 0.25) is 0 Å². The van der Waals surface area contributed by atoms with Crippen molar-refractivity contribution >= 4 is 40.0 Å². The van der Waals surface area contributed by atoms with Gasteiger partial charge in [0.05, 0.1) is 29.7 Å². The summed E-state index contributed by atoms with van der Waals surface area (Å²) in [6.07, 6.45) is 9.82. The molecular weight excluding hydrogens is 883 g/mol. The lowest BCUT2D eigenvalue weighted by molar-refractivity contribution is -0.384. The third kappa shape index (κ3) is 10.3. The molecule has 2 aliphatic carbocycles. The molecule has 8 rings (SSSR count). The number of hydrogen-bond acceptors (Lipinski definition) is 12. The fourth-order valence-electron chi connectivity index (χ4n) is 10.3. The molecule has 1 amide bonds. The summed E-state index contributed by atoms with van der Waals surface area (Å²) in [4.78, 5) is 35.1. The average molecular weight is 942 g/mol. The van der Waals surface area contributed by atoms with Gasteiger partial charge in [0.15, 0.2) is 0 Å². The number of oxime groups is 1. The molecule has 0 bridgehead atoms. The van der Waals surface area contributed by atoms with Gasteiger partial charge in [-0.2, -0.15) is 0 Å². The lowest BCUT2D eigenvalue weighted by Gasteiger charge is -2.59. The van der Waals surface area contributed by atoms with Gasteiger partial charge in [0.25, 0.3) is 5.69 Å². The number of ether oxygens (including phenoxy) is 4. The number of carbonyl (C=O) groups is 1. The first-order chi connectivity index (χ1) is 33.2. The van der Waals surface area contributed by atoms with Crippen LogP contribution in [0.4, 0.5) is 10.5 Å². The number of thioether (sulfide) groups is 1. The highest BCUT2D eigenvalue weighted by Gasteiger charge is 2.66. The van der Waals surface area contributed by atoms with Crippen molar-refractivity contribution in [2.24, 2.45) is 22.9 Å². The molecule has 13 nitrogen and oxygen atoms in total. The summed E-state index contributed by atoms with van der Waals surface area (Å²) in [6.45, 7) is 6.52. The maximum absolute atomic E-state index is 15.3. The van der Waals surface area contributed by atoms with Gasteiger partial charge in [0.2, 0.25) is 5.79 Å². The van der Waals surface area contributed by atoms with Crippen LogP contribution in [0.25, 0.3) is 10.8 Å². The predicted molar refractivity (Wildman–Crippen MR) is 263 cm³/mol. The van der Waals surface area contributed by atoms with Crippen molar-refractivity contribution in [3.63, 3.8) is 0 Å². The minimum atomic E-state index is -1.57. The summed E-state index contributed by atoms with van der Waals surface area (Å²) < 4.78 is 27.4. The van der Waals surface area contributed by atoms with Crippen LogP contribution in [-0.2, 0) is 16.1 Å².